The second-order valence-electron chi connectivity index (χ2n) is 8.21. The van der Waals surface area contributed by atoms with E-state index in [0.29, 0.717) is 5.56 Å². The number of hydrogen-bond acceptors (Lipinski definition) is 5. The highest BCUT2D eigenvalue weighted by Crippen LogP contribution is 2.38. The van der Waals surface area contributed by atoms with Gasteiger partial charge in [-0.15, -0.1) is 4.36 Å². The molecule has 0 radical (unpaired) electrons. The van der Waals surface area contributed by atoms with Gasteiger partial charge in [-0.1, -0.05) is 6.07 Å². The molecule has 1 atom stereocenters. The van der Waals surface area contributed by atoms with E-state index >= 15 is 0 Å². The Morgan fingerprint density at radius 2 is 1.83 bits per heavy atom. The number of aryl methyl sites for hydroxylation is 2. The summed E-state index contributed by atoms with van der Waals surface area (Å²) < 4.78 is 24.4. The molecule has 0 saturated heterocycles. The van der Waals surface area contributed by atoms with Crippen LogP contribution < -0.4 is 10.0 Å². The van der Waals surface area contributed by atoms with Crippen molar-refractivity contribution in [3.63, 3.8) is 0 Å². The van der Waals surface area contributed by atoms with Gasteiger partial charge >= 0.3 is 6.03 Å². The van der Waals surface area contributed by atoms with E-state index in [1.807, 2.05) is 0 Å². The van der Waals surface area contributed by atoms with E-state index < -0.39 is 21.5 Å². The maximum absolute atomic E-state index is 13.3. The molecule has 1 aromatic heterocycles. The molecule has 3 N–H and O–H groups in total. The van der Waals surface area contributed by atoms with E-state index in [9.17, 15) is 14.1 Å². The summed E-state index contributed by atoms with van der Waals surface area (Å²) in [6.07, 6.45) is 8.65. The Bertz CT molecular complexity index is 1140. The molecule has 158 valence electrons. The van der Waals surface area contributed by atoms with Gasteiger partial charge in [0.2, 0.25) is 15.0 Å². The fraction of sp³-hybridized carbons (Fsp3) is 0.429. The monoisotopic (exact) mass is 428 g/mol. The number of nitriles is 1. The predicted octanol–water partition coefficient (Wildman–Crippen LogP) is 3.53. The number of carbonyl (C=O) groups is 1. The molecular weight excluding hydrogens is 404 g/mol. The Balaban J connectivity index is 1.70. The van der Waals surface area contributed by atoms with Gasteiger partial charge in [0.05, 0.1) is 11.9 Å². The number of furan rings is 1. The summed E-state index contributed by atoms with van der Waals surface area (Å²) in [7, 11) is -3.68. The number of rotatable bonds is 4. The first-order valence-electron chi connectivity index (χ1n) is 9.93. The molecule has 2 aromatic rings. The molecule has 9 heteroatoms. The van der Waals surface area contributed by atoms with E-state index in [4.69, 9.17) is 9.68 Å². The first-order chi connectivity index (χ1) is 14.2. The van der Waals surface area contributed by atoms with E-state index in [1.165, 1.54) is 23.5 Å². The van der Waals surface area contributed by atoms with Crippen molar-refractivity contribution in [3.8, 4) is 6.19 Å². The van der Waals surface area contributed by atoms with Crippen molar-refractivity contribution in [3.05, 3.63) is 46.2 Å². The van der Waals surface area contributed by atoms with Crippen LogP contribution in [0.25, 0.3) is 0 Å². The van der Waals surface area contributed by atoms with E-state index in [1.54, 1.807) is 20.0 Å². The summed E-state index contributed by atoms with van der Waals surface area (Å²) in [5.74, 6) is 0. The number of fused-ring (bicyclic) bond motifs is 2. The van der Waals surface area contributed by atoms with Crippen molar-refractivity contribution in [2.45, 2.75) is 63.1 Å². The number of aliphatic hydroxyl groups is 1. The van der Waals surface area contributed by atoms with E-state index in [-0.39, 0.29) is 5.09 Å². The van der Waals surface area contributed by atoms with Crippen LogP contribution in [0.5, 0.6) is 0 Å². The number of benzene rings is 1. The van der Waals surface area contributed by atoms with Crippen LogP contribution in [0.2, 0.25) is 0 Å². The number of anilines is 1. The molecule has 0 spiro atoms. The number of urea groups is 1. The predicted molar refractivity (Wildman–Crippen MR) is 111 cm³/mol. The zero-order chi connectivity index (χ0) is 21.5. The lowest BCUT2D eigenvalue weighted by atomic mass is 9.99. The highest BCUT2D eigenvalue weighted by atomic mass is 32.2. The molecule has 0 saturated carbocycles. The van der Waals surface area contributed by atoms with E-state index in [0.717, 1.165) is 55.3 Å². The normalized spacial score (nSPS) is 16.9. The van der Waals surface area contributed by atoms with Crippen LogP contribution in [0.3, 0.4) is 0 Å². The summed E-state index contributed by atoms with van der Waals surface area (Å²) in [5.41, 5.74) is 4.66. The first kappa shape index (κ1) is 20.4. The quantitative estimate of drug-likeness (QED) is 0.507. The van der Waals surface area contributed by atoms with Crippen LogP contribution >= 0.6 is 0 Å². The maximum Gasteiger partial charge on any atom is 0.355 e. The average Bonchev–Trinajstić information content (AvgIpc) is 3.41. The average molecular weight is 429 g/mol. The maximum atomic E-state index is 13.3. The van der Waals surface area contributed by atoms with Gasteiger partial charge in [0, 0.05) is 17.3 Å². The third-order valence-corrected chi connectivity index (χ3v) is 7.21. The van der Waals surface area contributed by atoms with E-state index in [2.05, 4.69) is 20.5 Å². The van der Waals surface area contributed by atoms with Crippen molar-refractivity contribution in [1.29, 1.82) is 5.26 Å². The Labute approximate surface area is 175 Å². The van der Waals surface area contributed by atoms with Gasteiger partial charge in [-0.2, -0.15) is 5.26 Å². The minimum Gasteiger partial charge on any atom is -0.452 e. The number of nitrogens with zero attached hydrogens (tertiary/aromatic N) is 2. The Morgan fingerprint density at radius 1 is 1.20 bits per heavy atom. The topological polar surface area (TPSA) is 128 Å². The summed E-state index contributed by atoms with van der Waals surface area (Å²) in [5, 5.41) is 21.8. The molecule has 2 aliphatic rings. The third-order valence-electron chi connectivity index (χ3n) is 5.65. The van der Waals surface area contributed by atoms with Gasteiger partial charge in [0.15, 0.2) is 6.19 Å². The number of hydrogen-bond donors (Lipinski definition) is 3. The van der Waals surface area contributed by atoms with Crippen LogP contribution in [0.15, 0.2) is 32.3 Å². The van der Waals surface area contributed by atoms with Crippen LogP contribution in [0.1, 0.15) is 54.5 Å². The lowest BCUT2D eigenvalue weighted by Gasteiger charge is -2.15. The van der Waals surface area contributed by atoms with Gasteiger partial charge in [0.1, 0.15) is 0 Å². The Hall–Kier alpha value is -2.83. The fourth-order valence-electron chi connectivity index (χ4n) is 4.18. The first-order valence-corrected chi connectivity index (χ1v) is 11.4. The molecule has 2 aliphatic carbocycles. The fourth-order valence-corrected chi connectivity index (χ4v) is 5.28. The molecule has 0 fully saturated rings. The van der Waals surface area contributed by atoms with Crippen LogP contribution in [-0.4, -0.2) is 15.3 Å². The SMILES string of the molecule is CC(C)(O)c1coc([S@@](=O)(=NC(=O)Nc2c3c(cc4c2CCC4)CCC3)NC#N)c1. The molecule has 30 heavy (non-hydrogen) atoms. The van der Waals surface area contributed by atoms with Crippen molar-refractivity contribution < 1.29 is 18.5 Å². The second kappa shape index (κ2) is 7.45. The summed E-state index contributed by atoms with van der Waals surface area (Å²) in [4.78, 5) is 12.8. The van der Waals surface area contributed by atoms with Gasteiger partial charge in [-0.3, -0.25) is 0 Å². The minimum absolute atomic E-state index is 0.195. The highest BCUT2D eigenvalue weighted by molar-refractivity contribution is 7.92. The molecule has 0 unspecified atom stereocenters. The number of nitrogens with one attached hydrogen (secondary N) is 2. The summed E-state index contributed by atoms with van der Waals surface area (Å²) in [6.45, 7) is 3.09. The summed E-state index contributed by atoms with van der Waals surface area (Å²) in [6, 6.07) is 2.78. The van der Waals surface area contributed by atoms with Crippen molar-refractivity contribution >= 4 is 21.6 Å². The molecule has 2 amide bonds. The highest BCUT2D eigenvalue weighted by Gasteiger charge is 2.27. The second-order valence-corrected chi connectivity index (χ2v) is 10.0. The van der Waals surface area contributed by atoms with Crippen LogP contribution in [0, 0.1) is 11.5 Å². The Kier molecular flexibility index (Phi) is 5.08. The third kappa shape index (κ3) is 3.68. The lowest BCUT2D eigenvalue weighted by Crippen LogP contribution is -2.22. The number of amides is 2. The summed E-state index contributed by atoms with van der Waals surface area (Å²) >= 11 is 0. The molecule has 1 heterocycles. The van der Waals surface area contributed by atoms with Gasteiger partial charge in [0.25, 0.3) is 0 Å². The zero-order valence-corrected chi connectivity index (χ0v) is 17.8. The molecule has 0 bridgehead atoms. The van der Waals surface area contributed by atoms with Gasteiger partial charge < -0.3 is 14.8 Å². The van der Waals surface area contributed by atoms with Crippen molar-refractivity contribution in [2.24, 2.45) is 4.36 Å². The molecular formula is C21H24N4O4S. The van der Waals surface area contributed by atoms with Crippen LogP contribution in [0.4, 0.5) is 10.5 Å². The lowest BCUT2D eigenvalue weighted by molar-refractivity contribution is 0.0779. The van der Waals surface area contributed by atoms with Crippen molar-refractivity contribution in [1.82, 2.24) is 4.72 Å². The molecule has 1 aromatic carbocycles. The van der Waals surface area contributed by atoms with Gasteiger partial charge in [-0.25, -0.2) is 13.7 Å². The molecule has 0 aliphatic heterocycles. The smallest absolute Gasteiger partial charge is 0.355 e. The van der Waals surface area contributed by atoms with Gasteiger partial charge in [-0.05, 0) is 74.6 Å². The number of carbonyl (C=O) groups excluding carboxylic acids is 1. The van der Waals surface area contributed by atoms with Crippen LogP contribution in [-0.2, 0) is 41.2 Å². The standard InChI is InChI=1S/C21H24N4O4S/c1-21(2,27)15-10-18(29-11-15)30(28,23-12-22)25-20(26)24-19-16-7-3-5-13(16)9-14-6-4-8-17(14)19/h9-11,27H,3-8H2,1-2H3,(H2,23,24,25,26,28)/t30-/m0/s1. The zero-order valence-electron chi connectivity index (χ0n) is 16.9. The van der Waals surface area contributed by atoms with Crippen molar-refractivity contribution in [2.75, 3.05) is 5.32 Å². The molecule has 8 nitrogen and oxygen atoms in total. The minimum atomic E-state index is -3.68. The Morgan fingerprint density at radius 3 is 2.37 bits per heavy atom. The largest absolute Gasteiger partial charge is 0.452 e. The molecule has 4 rings (SSSR count).